The van der Waals surface area contributed by atoms with Crippen LogP contribution in [0.5, 0.6) is 5.75 Å². The minimum absolute atomic E-state index is 0.215. The summed E-state index contributed by atoms with van der Waals surface area (Å²) < 4.78 is 0. The van der Waals surface area contributed by atoms with Crippen LogP contribution in [0.25, 0.3) is 0 Å². The van der Waals surface area contributed by atoms with Crippen LogP contribution in [-0.2, 0) is 20.8 Å². The minimum atomic E-state index is -1.30. The van der Waals surface area contributed by atoms with Crippen molar-refractivity contribution in [1.29, 1.82) is 0 Å². The zero-order valence-corrected chi connectivity index (χ0v) is 23.5. The number of hydrogen-bond acceptors (Lipinski definition) is 7. The lowest BCUT2D eigenvalue weighted by molar-refractivity contribution is -0.148. The summed E-state index contributed by atoms with van der Waals surface area (Å²) in [5.41, 5.74) is 0.544. The Balaban J connectivity index is 2.04. The van der Waals surface area contributed by atoms with E-state index in [0.29, 0.717) is 6.42 Å². The molecular weight excluding hydrogens is 514 g/mol. The molecule has 216 valence electrons. The van der Waals surface area contributed by atoms with Gasteiger partial charge in [0.2, 0.25) is 17.7 Å². The maximum Gasteiger partial charge on any atom is 0.274 e. The monoisotopic (exact) mass is 553 g/mol. The number of carbonyl (C=O) groups excluding carboxylic acids is 4. The van der Waals surface area contributed by atoms with E-state index in [0.717, 1.165) is 5.56 Å². The third-order valence-electron chi connectivity index (χ3n) is 7.60. The number of nitrogens with one attached hydrogen (secondary N) is 3. The fourth-order valence-electron chi connectivity index (χ4n) is 4.98. The summed E-state index contributed by atoms with van der Waals surface area (Å²) >= 11 is 0. The van der Waals surface area contributed by atoms with E-state index in [9.17, 15) is 29.4 Å². The van der Waals surface area contributed by atoms with Crippen molar-refractivity contribution in [2.75, 3.05) is 7.05 Å². The van der Waals surface area contributed by atoms with Crippen molar-refractivity contribution in [3.8, 4) is 5.75 Å². The molecule has 1 fully saturated rings. The Kier molecular flexibility index (Phi) is 10.2. The molecule has 0 radical (unpaired) electrons. The van der Waals surface area contributed by atoms with Crippen molar-refractivity contribution in [3.05, 3.63) is 59.9 Å². The Labute approximate surface area is 234 Å². The second-order valence-electron chi connectivity index (χ2n) is 10.5. The van der Waals surface area contributed by atoms with E-state index in [1.165, 1.54) is 30.3 Å². The van der Waals surface area contributed by atoms with Gasteiger partial charge >= 0.3 is 0 Å². The first-order valence-corrected chi connectivity index (χ1v) is 13.5. The van der Waals surface area contributed by atoms with Crippen LogP contribution < -0.4 is 16.0 Å². The van der Waals surface area contributed by atoms with E-state index in [1.54, 1.807) is 13.8 Å². The van der Waals surface area contributed by atoms with Gasteiger partial charge in [-0.25, -0.2) is 4.98 Å². The topological polar surface area (TPSA) is 161 Å². The predicted molar refractivity (Wildman–Crippen MR) is 148 cm³/mol. The van der Waals surface area contributed by atoms with E-state index >= 15 is 0 Å². The molecule has 4 amide bonds. The molecule has 2 heterocycles. The molecule has 1 aliphatic heterocycles. The van der Waals surface area contributed by atoms with E-state index in [2.05, 4.69) is 20.9 Å². The number of aromatic hydroxyl groups is 1. The summed E-state index contributed by atoms with van der Waals surface area (Å²) in [6.07, 6.45) is 0.840. The number of hydrogen-bond donors (Lipinski definition) is 5. The van der Waals surface area contributed by atoms with E-state index in [-0.39, 0.29) is 23.8 Å². The Morgan fingerprint density at radius 2 is 1.75 bits per heavy atom. The summed E-state index contributed by atoms with van der Waals surface area (Å²) in [5.74, 6) is -3.96. The molecule has 0 bridgehead atoms. The number of carbonyl (C=O) groups is 4. The molecule has 1 aromatic carbocycles. The van der Waals surface area contributed by atoms with Crippen LogP contribution >= 0.6 is 0 Å². The predicted octanol–water partition coefficient (Wildman–Crippen LogP) is 1.00. The van der Waals surface area contributed by atoms with Crippen LogP contribution in [0.15, 0.2) is 48.7 Å². The molecular formula is C29H39N5O6. The molecule has 1 saturated heterocycles. The van der Waals surface area contributed by atoms with Crippen LogP contribution in [0.2, 0.25) is 0 Å². The molecule has 11 heteroatoms. The van der Waals surface area contributed by atoms with Crippen molar-refractivity contribution >= 4 is 23.6 Å². The Bertz CT molecular complexity index is 1210. The lowest BCUT2D eigenvalue weighted by Gasteiger charge is -2.38. The van der Waals surface area contributed by atoms with Gasteiger partial charge in [-0.3, -0.25) is 19.2 Å². The zero-order chi connectivity index (χ0) is 29.6. The maximum absolute atomic E-state index is 13.7. The highest BCUT2D eigenvalue weighted by Crippen LogP contribution is 2.22. The number of rotatable bonds is 6. The quantitative estimate of drug-likeness (QED) is 0.357. The van der Waals surface area contributed by atoms with Gasteiger partial charge in [0.1, 0.15) is 17.8 Å². The molecule has 2 aromatic rings. The Hall–Kier alpha value is -3.99. The van der Waals surface area contributed by atoms with Gasteiger partial charge in [0.05, 0.1) is 24.1 Å². The maximum atomic E-state index is 13.7. The van der Waals surface area contributed by atoms with Crippen molar-refractivity contribution in [2.45, 2.75) is 70.8 Å². The molecule has 0 aliphatic carbocycles. The third kappa shape index (κ3) is 6.95. The van der Waals surface area contributed by atoms with Crippen molar-refractivity contribution in [2.24, 2.45) is 11.8 Å². The number of nitrogens with zero attached hydrogens (tertiary/aromatic N) is 2. The molecule has 1 aliphatic rings. The minimum Gasteiger partial charge on any atom is -0.505 e. The van der Waals surface area contributed by atoms with E-state index < -0.39 is 59.8 Å². The lowest BCUT2D eigenvalue weighted by Crippen LogP contribution is -2.64. The van der Waals surface area contributed by atoms with Gasteiger partial charge in [0.15, 0.2) is 5.69 Å². The first-order chi connectivity index (χ1) is 19.0. The first-order valence-electron chi connectivity index (χ1n) is 13.5. The summed E-state index contributed by atoms with van der Waals surface area (Å²) in [4.78, 5) is 59.0. The number of aliphatic hydroxyl groups excluding tert-OH is 1. The van der Waals surface area contributed by atoms with Gasteiger partial charge in [0, 0.05) is 13.2 Å². The first kappa shape index (κ1) is 30.6. The number of aliphatic hydroxyl groups is 1. The summed E-state index contributed by atoms with van der Waals surface area (Å²) in [6, 6.07) is 7.97. The largest absolute Gasteiger partial charge is 0.505 e. The normalized spacial score (nSPS) is 27.1. The van der Waals surface area contributed by atoms with Crippen molar-refractivity contribution < 1.29 is 29.4 Å². The van der Waals surface area contributed by atoms with Crippen LogP contribution in [0.3, 0.4) is 0 Å². The summed E-state index contributed by atoms with van der Waals surface area (Å²) in [5, 5.41) is 29.7. The van der Waals surface area contributed by atoms with Crippen LogP contribution in [0.1, 0.15) is 50.2 Å². The number of pyridine rings is 1. The lowest BCUT2D eigenvalue weighted by atomic mass is 9.89. The van der Waals surface area contributed by atoms with E-state index in [4.69, 9.17) is 0 Å². The molecule has 5 N–H and O–H groups in total. The molecule has 3 rings (SSSR count). The molecule has 0 spiro atoms. The van der Waals surface area contributed by atoms with Crippen molar-refractivity contribution in [3.63, 3.8) is 0 Å². The molecule has 1 aromatic heterocycles. The standard InChI is InChI=1S/C29H39N5O6/c1-6-16(2)24-28(39)31-18(4)22(33-27(38)23-21(35)13-10-14-30-23)26(37)32-20(15-19-11-8-7-9-12-19)25(36)17(3)29(40)34(24)5/h7-14,16-18,20,22,24-25,35-36H,6,15H2,1-5H3,(H,31,39)(H,32,37)(H,33,38)/t16?,17-,18-,20+,22+,24?,25+/m1/s1. The van der Waals surface area contributed by atoms with Crippen LogP contribution in [-0.4, -0.2) is 81.0 Å². The van der Waals surface area contributed by atoms with E-state index in [1.807, 2.05) is 44.2 Å². The molecule has 40 heavy (non-hydrogen) atoms. The SMILES string of the molecule is CCC(C)C1C(=O)N[C@H](C)[C@H](NC(=O)c2ncccc2O)C(=O)N[C@@H](Cc2ccccc2)[C@@H](O)[C@@H](C)C(=O)N1C. The van der Waals surface area contributed by atoms with Gasteiger partial charge in [-0.15, -0.1) is 0 Å². The Morgan fingerprint density at radius 1 is 1.07 bits per heavy atom. The fraction of sp³-hybridized carbons (Fsp3) is 0.483. The van der Waals surface area contributed by atoms with Crippen molar-refractivity contribution in [1.82, 2.24) is 25.8 Å². The average molecular weight is 554 g/mol. The number of benzene rings is 1. The van der Waals surface area contributed by atoms with Gasteiger partial charge < -0.3 is 31.1 Å². The van der Waals surface area contributed by atoms with Gasteiger partial charge in [-0.1, -0.05) is 57.5 Å². The second-order valence-corrected chi connectivity index (χ2v) is 10.5. The summed E-state index contributed by atoms with van der Waals surface area (Å²) in [6.45, 7) is 6.88. The van der Waals surface area contributed by atoms with Crippen LogP contribution in [0, 0.1) is 11.8 Å². The van der Waals surface area contributed by atoms with Gasteiger partial charge in [-0.2, -0.15) is 0 Å². The Morgan fingerprint density at radius 3 is 2.38 bits per heavy atom. The molecule has 11 nitrogen and oxygen atoms in total. The van der Waals surface area contributed by atoms with Gasteiger partial charge in [0.25, 0.3) is 5.91 Å². The number of aromatic nitrogens is 1. The number of amides is 4. The average Bonchev–Trinajstić information content (AvgIpc) is 2.94. The third-order valence-corrected chi connectivity index (χ3v) is 7.60. The second kappa shape index (κ2) is 13.4. The summed E-state index contributed by atoms with van der Waals surface area (Å²) in [7, 11) is 1.53. The van der Waals surface area contributed by atoms with Crippen LogP contribution in [0.4, 0.5) is 0 Å². The fourth-order valence-corrected chi connectivity index (χ4v) is 4.98. The highest BCUT2D eigenvalue weighted by molar-refractivity contribution is 5.98. The van der Waals surface area contributed by atoms with Gasteiger partial charge in [-0.05, 0) is 37.0 Å². The molecule has 7 atom stereocenters. The number of likely N-dealkylation sites (N-methyl/N-ethyl adjacent to an activating group) is 1. The smallest absolute Gasteiger partial charge is 0.274 e. The molecule has 0 saturated carbocycles. The highest BCUT2D eigenvalue weighted by atomic mass is 16.3. The molecule has 2 unspecified atom stereocenters. The zero-order valence-electron chi connectivity index (χ0n) is 23.5. The highest BCUT2D eigenvalue weighted by Gasteiger charge is 2.41.